The van der Waals surface area contributed by atoms with E-state index in [-0.39, 0.29) is 0 Å². The van der Waals surface area contributed by atoms with Gasteiger partial charge in [-0.2, -0.15) is 4.98 Å². The summed E-state index contributed by atoms with van der Waals surface area (Å²) >= 11 is 1.64. The van der Waals surface area contributed by atoms with E-state index in [1.165, 1.54) is 0 Å². The van der Waals surface area contributed by atoms with E-state index < -0.39 is 0 Å². The Bertz CT molecular complexity index is 646. The van der Waals surface area contributed by atoms with Gasteiger partial charge in [-0.3, -0.25) is 4.98 Å². The average Bonchev–Trinajstić information content (AvgIpc) is 2.96. The van der Waals surface area contributed by atoms with Crippen LogP contribution in [0.4, 0.5) is 0 Å². The van der Waals surface area contributed by atoms with Crippen LogP contribution in [-0.4, -0.2) is 21.7 Å². The third kappa shape index (κ3) is 1.92. The molecule has 0 saturated carbocycles. The third-order valence-corrected chi connectivity index (χ3v) is 3.24. The van der Waals surface area contributed by atoms with Crippen LogP contribution in [0.15, 0.2) is 28.2 Å². The number of aromatic nitrogens is 3. The number of nitrogens with two attached hydrogens (primary N) is 1. The number of fused-ring (bicyclic) bond motifs is 1. The van der Waals surface area contributed by atoms with Gasteiger partial charge in [0, 0.05) is 24.7 Å². The first-order chi connectivity index (χ1) is 8.36. The van der Waals surface area contributed by atoms with E-state index in [9.17, 15) is 0 Å². The van der Waals surface area contributed by atoms with Crippen molar-refractivity contribution in [3.05, 3.63) is 29.6 Å². The Labute approximate surface area is 101 Å². The summed E-state index contributed by atoms with van der Waals surface area (Å²) in [4.78, 5) is 8.61. The summed E-state index contributed by atoms with van der Waals surface area (Å²) in [6.45, 7) is 0.504. The van der Waals surface area contributed by atoms with Gasteiger partial charge in [0.05, 0.1) is 10.2 Å². The molecule has 6 heteroatoms. The van der Waals surface area contributed by atoms with Gasteiger partial charge in [0.1, 0.15) is 0 Å². The van der Waals surface area contributed by atoms with Crippen molar-refractivity contribution in [2.75, 3.05) is 6.54 Å². The monoisotopic (exact) mass is 246 g/mol. The quantitative estimate of drug-likeness (QED) is 0.763. The molecular formula is C11H10N4OS. The Hall–Kier alpha value is -1.79. The number of hydrogen-bond donors (Lipinski definition) is 1. The van der Waals surface area contributed by atoms with Crippen LogP contribution < -0.4 is 5.73 Å². The number of hydrogen-bond acceptors (Lipinski definition) is 6. The molecule has 0 aliphatic rings. The normalized spacial score (nSPS) is 11.1. The van der Waals surface area contributed by atoms with Crippen LogP contribution in [0.5, 0.6) is 0 Å². The summed E-state index contributed by atoms with van der Waals surface area (Å²) in [6.07, 6.45) is 2.35. The summed E-state index contributed by atoms with van der Waals surface area (Å²) in [7, 11) is 0. The predicted octanol–water partition coefficient (Wildman–Crippen LogP) is 1.85. The fourth-order valence-corrected chi connectivity index (χ4v) is 2.35. The molecule has 0 spiro atoms. The lowest BCUT2D eigenvalue weighted by Gasteiger charge is -1.93. The molecular weight excluding hydrogens is 236 g/mol. The third-order valence-electron chi connectivity index (χ3n) is 2.39. The molecule has 0 bridgehead atoms. The van der Waals surface area contributed by atoms with Gasteiger partial charge in [0.15, 0.2) is 0 Å². The maximum absolute atomic E-state index is 5.43. The second kappa shape index (κ2) is 4.23. The van der Waals surface area contributed by atoms with Crippen LogP contribution in [0.25, 0.3) is 21.6 Å². The first-order valence-corrected chi connectivity index (χ1v) is 6.11. The van der Waals surface area contributed by atoms with Crippen molar-refractivity contribution < 1.29 is 4.52 Å². The molecule has 2 N–H and O–H groups in total. The minimum Gasteiger partial charge on any atom is -0.339 e. The Balaban J connectivity index is 2.00. The fourth-order valence-electron chi connectivity index (χ4n) is 1.57. The molecule has 17 heavy (non-hydrogen) atoms. The molecule has 0 radical (unpaired) electrons. The van der Waals surface area contributed by atoms with E-state index in [1.807, 2.05) is 17.5 Å². The Kier molecular flexibility index (Phi) is 2.58. The van der Waals surface area contributed by atoms with E-state index >= 15 is 0 Å². The minimum atomic E-state index is 0.504. The number of pyridine rings is 1. The van der Waals surface area contributed by atoms with Gasteiger partial charge in [-0.25, -0.2) is 0 Å². The summed E-state index contributed by atoms with van der Waals surface area (Å²) in [6, 6.07) is 4.00. The zero-order valence-corrected chi connectivity index (χ0v) is 9.78. The van der Waals surface area contributed by atoms with Crippen LogP contribution in [-0.2, 0) is 6.42 Å². The van der Waals surface area contributed by atoms with Gasteiger partial charge in [-0.05, 0) is 17.5 Å². The molecule has 3 aromatic heterocycles. The smallest absolute Gasteiger partial charge is 0.228 e. The highest BCUT2D eigenvalue weighted by atomic mass is 32.1. The van der Waals surface area contributed by atoms with Crippen molar-refractivity contribution in [3.8, 4) is 11.4 Å². The Morgan fingerprint density at radius 1 is 1.41 bits per heavy atom. The number of nitrogens with zero attached hydrogens (tertiary/aromatic N) is 3. The van der Waals surface area contributed by atoms with Crippen molar-refractivity contribution in [3.63, 3.8) is 0 Å². The molecule has 0 amide bonds. The summed E-state index contributed by atoms with van der Waals surface area (Å²) < 4.78 is 6.21. The van der Waals surface area contributed by atoms with Crippen LogP contribution in [0.3, 0.4) is 0 Å². The largest absolute Gasteiger partial charge is 0.339 e. The van der Waals surface area contributed by atoms with Gasteiger partial charge >= 0.3 is 0 Å². The second-order valence-corrected chi connectivity index (χ2v) is 4.53. The molecule has 0 atom stereocenters. The standard InChI is InChI=1S/C11H10N4OS/c12-3-1-10-14-11(15-16-10)7-5-9-8(13-6-7)2-4-17-9/h2,4-6H,1,3,12H2. The number of rotatable bonds is 3. The minimum absolute atomic E-state index is 0.504. The number of thiophene rings is 1. The molecule has 0 aliphatic heterocycles. The van der Waals surface area contributed by atoms with E-state index in [1.54, 1.807) is 17.5 Å². The SMILES string of the molecule is NCCc1nc(-c2cnc3ccsc3c2)no1. The van der Waals surface area contributed by atoms with Gasteiger partial charge in [-0.1, -0.05) is 5.16 Å². The Morgan fingerprint density at radius 2 is 2.35 bits per heavy atom. The molecule has 0 aliphatic carbocycles. The highest BCUT2D eigenvalue weighted by molar-refractivity contribution is 7.17. The molecule has 0 unspecified atom stereocenters. The topological polar surface area (TPSA) is 77.8 Å². The fraction of sp³-hybridized carbons (Fsp3) is 0.182. The molecule has 3 rings (SSSR count). The predicted molar refractivity (Wildman–Crippen MR) is 65.7 cm³/mol. The van der Waals surface area contributed by atoms with Crippen LogP contribution >= 0.6 is 11.3 Å². The summed E-state index contributed by atoms with van der Waals surface area (Å²) in [5.41, 5.74) is 7.29. The van der Waals surface area contributed by atoms with Crippen molar-refractivity contribution in [2.45, 2.75) is 6.42 Å². The molecule has 3 heterocycles. The molecule has 86 valence electrons. The van der Waals surface area contributed by atoms with Crippen LogP contribution in [0, 0.1) is 0 Å². The molecule has 3 aromatic rings. The van der Waals surface area contributed by atoms with E-state index in [0.717, 1.165) is 15.8 Å². The van der Waals surface area contributed by atoms with Crippen molar-refractivity contribution in [1.29, 1.82) is 0 Å². The van der Waals surface area contributed by atoms with Gasteiger partial charge in [0.2, 0.25) is 11.7 Å². The first-order valence-electron chi connectivity index (χ1n) is 5.23. The van der Waals surface area contributed by atoms with Gasteiger partial charge in [-0.15, -0.1) is 11.3 Å². The lowest BCUT2D eigenvalue weighted by Crippen LogP contribution is -2.02. The highest BCUT2D eigenvalue weighted by Crippen LogP contribution is 2.24. The maximum atomic E-state index is 5.43. The van der Waals surface area contributed by atoms with Crippen molar-refractivity contribution >= 4 is 21.6 Å². The zero-order chi connectivity index (χ0) is 11.7. The maximum Gasteiger partial charge on any atom is 0.228 e. The summed E-state index contributed by atoms with van der Waals surface area (Å²) in [5.74, 6) is 1.13. The second-order valence-electron chi connectivity index (χ2n) is 3.58. The van der Waals surface area contributed by atoms with Gasteiger partial charge in [0.25, 0.3) is 0 Å². The lowest BCUT2D eigenvalue weighted by atomic mass is 10.2. The van der Waals surface area contributed by atoms with Crippen LogP contribution in [0.1, 0.15) is 5.89 Å². The average molecular weight is 246 g/mol. The molecule has 0 saturated heterocycles. The highest BCUT2D eigenvalue weighted by Gasteiger charge is 2.09. The molecule has 0 fully saturated rings. The first kappa shape index (κ1) is 10.4. The molecule has 0 aromatic carbocycles. The molecule has 5 nitrogen and oxygen atoms in total. The van der Waals surface area contributed by atoms with Crippen molar-refractivity contribution in [1.82, 2.24) is 15.1 Å². The lowest BCUT2D eigenvalue weighted by molar-refractivity contribution is 0.380. The van der Waals surface area contributed by atoms with Crippen molar-refractivity contribution in [2.24, 2.45) is 5.73 Å². The zero-order valence-electron chi connectivity index (χ0n) is 8.96. The van der Waals surface area contributed by atoms with E-state index in [2.05, 4.69) is 15.1 Å². The van der Waals surface area contributed by atoms with Gasteiger partial charge < -0.3 is 10.3 Å². The Morgan fingerprint density at radius 3 is 3.24 bits per heavy atom. The summed E-state index contributed by atoms with van der Waals surface area (Å²) in [5, 5.41) is 5.93. The van der Waals surface area contributed by atoms with E-state index in [0.29, 0.717) is 24.7 Å². The van der Waals surface area contributed by atoms with Crippen LogP contribution in [0.2, 0.25) is 0 Å². The van der Waals surface area contributed by atoms with E-state index in [4.69, 9.17) is 10.3 Å².